The highest BCUT2D eigenvalue weighted by molar-refractivity contribution is 14.0. The van der Waals surface area contributed by atoms with Gasteiger partial charge < -0.3 is 14.8 Å². The molecule has 1 aliphatic rings. The predicted octanol–water partition coefficient (Wildman–Crippen LogP) is 2.80. The third-order valence-corrected chi connectivity index (χ3v) is 4.66. The van der Waals surface area contributed by atoms with Gasteiger partial charge in [0.2, 0.25) is 0 Å². The molecule has 0 unspecified atom stereocenters. The molecule has 1 aromatic carbocycles. The van der Waals surface area contributed by atoms with Gasteiger partial charge in [-0.3, -0.25) is 9.89 Å². The Hall–Kier alpha value is -1.87. The summed E-state index contributed by atoms with van der Waals surface area (Å²) in [5.74, 6) is 1.03. The van der Waals surface area contributed by atoms with E-state index in [0.29, 0.717) is 0 Å². The molecule has 0 spiro atoms. The first-order valence-corrected chi connectivity index (χ1v) is 9.78. The van der Waals surface area contributed by atoms with E-state index in [9.17, 15) is 0 Å². The maximum absolute atomic E-state index is 4.79. The molecule has 0 aliphatic carbocycles. The van der Waals surface area contributed by atoms with E-state index in [1.54, 1.807) is 6.20 Å². The van der Waals surface area contributed by atoms with Gasteiger partial charge in [0.05, 0.1) is 12.9 Å². The van der Waals surface area contributed by atoms with E-state index in [1.165, 1.54) is 5.56 Å². The van der Waals surface area contributed by atoms with Gasteiger partial charge in [0.25, 0.3) is 0 Å². The number of aromatic nitrogens is 2. The number of guanidine groups is 1. The molecule has 0 amide bonds. The molecule has 7 heteroatoms. The minimum atomic E-state index is 0. The molecule has 1 N–H and O–H groups in total. The van der Waals surface area contributed by atoms with Crippen LogP contribution in [0.2, 0.25) is 0 Å². The number of imidazole rings is 1. The highest BCUT2D eigenvalue weighted by atomic mass is 127. The van der Waals surface area contributed by atoms with Crippen molar-refractivity contribution in [2.75, 3.05) is 45.8 Å². The van der Waals surface area contributed by atoms with Crippen molar-refractivity contribution in [1.29, 1.82) is 0 Å². The molecule has 1 aliphatic heterocycles. The van der Waals surface area contributed by atoms with Crippen LogP contribution in [0.25, 0.3) is 6.08 Å². The van der Waals surface area contributed by atoms with Crippen LogP contribution in [0.5, 0.6) is 0 Å². The summed E-state index contributed by atoms with van der Waals surface area (Å²) in [6.07, 6.45) is 10.1. The van der Waals surface area contributed by atoms with Crippen molar-refractivity contribution in [3.63, 3.8) is 0 Å². The molecule has 2 aromatic rings. The molecule has 6 nitrogen and oxygen atoms in total. The average molecular weight is 494 g/mol. The molecule has 1 fully saturated rings. The number of aliphatic imine (C=N–C) groups is 1. The van der Waals surface area contributed by atoms with E-state index in [2.05, 4.69) is 74.1 Å². The van der Waals surface area contributed by atoms with Crippen LogP contribution in [-0.2, 0) is 6.54 Å². The van der Waals surface area contributed by atoms with Gasteiger partial charge in [0.15, 0.2) is 5.96 Å². The fourth-order valence-electron chi connectivity index (χ4n) is 3.16. The van der Waals surface area contributed by atoms with Crippen LogP contribution in [0.3, 0.4) is 0 Å². The van der Waals surface area contributed by atoms with Crippen LogP contribution in [0.15, 0.2) is 60.1 Å². The predicted molar refractivity (Wildman–Crippen MR) is 127 cm³/mol. The van der Waals surface area contributed by atoms with Crippen molar-refractivity contribution in [2.45, 2.75) is 13.5 Å². The molecule has 2 heterocycles. The fraction of sp³-hybridized carbons (Fsp3) is 0.429. The van der Waals surface area contributed by atoms with E-state index in [0.717, 1.165) is 58.3 Å². The standard InChI is InChI=1S/C21H30N6.HI/c1-2-23-21(24-11-14-26-13-10-22-19-26)27-17-15-25(16-18-27)12-6-9-20-7-4-3-5-8-20;/h3-10,13,19H,2,11-12,14-18H2,1H3,(H,23,24);1H. The lowest BCUT2D eigenvalue weighted by molar-refractivity contribution is 0.194. The number of benzene rings is 1. The Balaban J connectivity index is 0.00000280. The molecule has 0 bridgehead atoms. The number of nitrogens with one attached hydrogen (secondary N) is 1. The lowest BCUT2D eigenvalue weighted by Crippen LogP contribution is -2.52. The van der Waals surface area contributed by atoms with Crippen LogP contribution in [0.1, 0.15) is 12.5 Å². The zero-order valence-electron chi connectivity index (χ0n) is 16.6. The summed E-state index contributed by atoms with van der Waals surface area (Å²) in [6.45, 7) is 9.77. The Labute approximate surface area is 185 Å². The molecule has 0 radical (unpaired) electrons. The van der Waals surface area contributed by atoms with Crippen LogP contribution >= 0.6 is 24.0 Å². The second kappa shape index (κ2) is 12.6. The van der Waals surface area contributed by atoms with Gasteiger partial charge in [0.1, 0.15) is 0 Å². The normalized spacial score (nSPS) is 15.6. The fourth-order valence-corrected chi connectivity index (χ4v) is 3.16. The smallest absolute Gasteiger partial charge is 0.194 e. The van der Waals surface area contributed by atoms with Gasteiger partial charge in [-0.1, -0.05) is 42.5 Å². The first kappa shape index (κ1) is 22.4. The topological polar surface area (TPSA) is 48.7 Å². The van der Waals surface area contributed by atoms with Crippen LogP contribution in [0, 0.1) is 0 Å². The molecule has 152 valence electrons. The van der Waals surface area contributed by atoms with Crippen molar-refractivity contribution in [3.05, 3.63) is 60.7 Å². The van der Waals surface area contributed by atoms with Gasteiger partial charge in [-0.15, -0.1) is 24.0 Å². The van der Waals surface area contributed by atoms with Crippen molar-refractivity contribution in [3.8, 4) is 0 Å². The quantitative estimate of drug-likeness (QED) is 0.366. The van der Waals surface area contributed by atoms with Gasteiger partial charge >= 0.3 is 0 Å². The third kappa shape index (κ3) is 7.27. The van der Waals surface area contributed by atoms with E-state index in [-0.39, 0.29) is 24.0 Å². The van der Waals surface area contributed by atoms with Crippen LogP contribution in [0.4, 0.5) is 0 Å². The summed E-state index contributed by atoms with van der Waals surface area (Å²) in [5, 5.41) is 3.43. The summed E-state index contributed by atoms with van der Waals surface area (Å²) < 4.78 is 2.06. The molecule has 28 heavy (non-hydrogen) atoms. The monoisotopic (exact) mass is 494 g/mol. The van der Waals surface area contributed by atoms with Crippen molar-refractivity contribution in [2.24, 2.45) is 4.99 Å². The largest absolute Gasteiger partial charge is 0.357 e. The summed E-state index contributed by atoms with van der Waals surface area (Å²) in [6, 6.07) is 10.5. The van der Waals surface area contributed by atoms with Gasteiger partial charge in [0, 0.05) is 58.2 Å². The molecular formula is C21H31IN6. The number of halogens is 1. The lowest BCUT2D eigenvalue weighted by Gasteiger charge is -2.36. The Morgan fingerprint density at radius 3 is 2.64 bits per heavy atom. The molecule has 3 rings (SSSR count). The zero-order valence-corrected chi connectivity index (χ0v) is 18.9. The number of rotatable bonds is 7. The second-order valence-electron chi connectivity index (χ2n) is 6.64. The summed E-state index contributed by atoms with van der Waals surface area (Å²) in [5.41, 5.74) is 1.26. The maximum Gasteiger partial charge on any atom is 0.194 e. The van der Waals surface area contributed by atoms with Crippen molar-refractivity contribution < 1.29 is 0 Å². The van der Waals surface area contributed by atoms with Crippen LogP contribution in [-0.4, -0.2) is 71.1 Å². The van der Waals surface area contributed by atoms with Gasteiger partial charge in [-0.25, -0.2) is 4.98 Å². The first-order valence-electron chi connectivity index (χ1n) is 9.78. The van der Waals surface area contributed by atoms with Gasteiger partial charge in [-0.2, -0.15) is 0 Å². The zero-order chi connectivity index (χ0) is 18.7. The molecule has 0 atom stereocenters. The summed E-state index contributed by atoms with van der Waals surface area (Å²) in [4.78, 5) is 13.7. The minimum Gasteiger partial charge on any atom is -0.357 e. The minimum absolute atomic E-state index is 0. The molecule has 1 aromatic heterocycles. The maximum atomic E-state index is 4.79. The number of piperazine rings is 1. The second-order valence-corrected chi connectivity index (χ2v) is 6.64. The third-order valence-electron chi connectivity index (χ3n) is 4.66. The van der Waals surface area contributed by atoms with E-state index < -0.39 is 0 Å². The molecule has 1 saturated heterocycles. The van der Waals surface area contributed by atoms with Crippen molar-refractivity contribution in [1.82, 2.24) is 24.7 Å². The average Bonchev–Trinajstić information content (AvgIpc) is 3.22. The Bertz CT molecular complexity index is 706. The molecular weight excluding hydrogens is 463 g/mol. The number of hydrogen-bond donors (Lipinski definition) is 1. The van der Waals surface area contributed by atoms with E-state index in [1.807, 2.05) is 12.5 Å². The Morgan fingerprint density at radius 2 is 1.96 bits per heavy atom. The SMILES string of the molecule is CCNC(=NCCn1ccnc1)N1CCN(CC=Cc2ccccc2)CC1.I. The Morgan fingerprint density at radius 1 is 1.18 bits per heavy atom. The molecule has 0 saturated carbocycles. The lowest BCUT2D eigenvalue weighted by atomic mass is 10.2. The van der Waals surface area contributed by atoms with Gasteiger partial charge in [-0.05, 0) is 12.5 Å². The van der Waals surface area contributed by atoms with E-state index in [4.69, 9.17) is 4.99 Å². The van der Waals surface area contributed by atoms with E-state index >= 15 is 0 Å². The number of nitrogens with zero attached hydrogens (tertiary/aromatic N) is 5. The summed E-state index contributed by atoms with van der Waals surface area (Å²) >= 11 is 0. The first-order chi connectivity index (χ1) is 13.3. The Kier molecular flexibility index (Phi) is 10.1. The highest BCUT2D eigenvalue weighted by Gasteiger charge is 2.18. The van der Waals surface area contributed by atoms with Crippen LogP contribution < -0.4 is 5.32 Å². The summed E-state index contributed by atoms with van der Waals surface area (Å²) in [7, 11) is 0. The van der Waals surface area contributed by atoms with Crippen molar-refractivity contribution >= 4 is 36.0 Å². The highest BCUT2D eigenvalue weighted by Crippen LogP contribution is 2.05. The number of hydrogen-bond acceptors (Lipinski definition) is 3.